The van der Waals surface area contributed by atoms with Gasteiger partial charge < -0.3 is 4.74 Å². The second-order valence-electron chi connectivity index (χ2n) is 7.88. The Kier molecular flexibility index (Phi) is 5.19. The highest BCUT2D eigenvalue weighted by Crippen LogP contribution is 2.44. The van der Waals surface area contributed by atoms with Crippen molar-refractivity contribution in [3.05, 3.63) is 23.8 Å². The number of fused-ring (bicyclic) bond motifs is 1. The summed E-state index contributed by atoms with van der Waals surface area (Å²) in [7, 11) is 0. The maximum atomic E-state index is 12.6. The van der Waals surface area contributed by atoms with E-state index in [0.29, 0.717) is 23.7 Å². The van der Waals surface area contributed by atoms with Crippen molar-refractivity contribution in [3.8, 4) is 0 Å². The molecule has 124 valence electrons. The average molecular weight is 304 g/mol. The van der Waals surface area contributed by atoms with Gasteiger partial charge in [-0.3, -0.25) is 4.79 Å². The maximum Gasteiger partial charge on any atom is 0.311 e. The fourth-order valence-corrected chi connectivity index (χ4v) is 3.85. The van der Waals surface area contributed by atoms with Crippen LogP contribution in [0.25, 0.3) is 0 Å². The molecule has 2 aliphatic rings. The minimum atomic E-state index is -0.387. The number of hydrogen-bond acceptors (Lipinski definition) is 2. The van der Waals surface area contributed by atoms with E-state index in [1.807, 2.05) is 13.8 Å². The van der Waals surface area contributed by atoms with Gasteiger partial charge in [0.2, 0.25) is 0 Å². The molecule has 0 fully saturated rings. The van der Waals surface area contributed by atoms with Crippen LogP contribution < -0.4 is 0 Å². The molecule has 5 atom stereocenters. The summed E-state index contributed by atoms with van der Waals surface area (Å²) in [6.45, 7) is 12.8. The molecule has 0 aliphatic heterocycles. The Hall–Kier alpha value is -1.05. The number of allylic oxidation sites excluding steroid dienone is 3. The zero-order valence-corrected chi connectivity index (χ0v) is 15.1. The number of rotatable bonds is 4. The molecule has 0 saturated heterocycles. The second-order valence-corrected chi connectivity index (χ2v) is 7.88. The molecular weight excluding hydrogens is 272 g/mol. The molecule has 0 N–H and O–H groups in total. The monoisotopic (exact) mass is 304 g/mol. The molecule has 0 heterocycles. The van der Waals surface area contributed by atoms with Gasteiger partial charge in [0.1, 0.15) is 6.10 Å². The quantitative estimate of drug-likeness (QED) is 0.671. The predicted octanol–water partition coefficient (Wildman–Crippen LogP) is 5.15. The van der Waals surface area contributed by atoms with E-state index in [1.165, 1.54) is 5.57 Å². The SMILES string of the molecule is CC[C@@H]1C2C(=CC(C)CC2OC(=O)C(C)(C)CC)C=C[C@@H]1C. The van der Waals surface area contributed by atoms with Crippen LogP contribution in [0.5, 0.6) is 0 Å². The van der Waals surface area contributed by atoms with Gasteiger partial charge >= 0.3 is 5.97 Å². The number of hydrogen-bond donors (Lipinski definition) is 0. The fourth-order valence-electron chi connectivity index (χ4n) is 3.85. The smallest absolute Gasteiger partial charge is 0.311 e. The third-order valence-electron chi connectivity index (χ3n) is 5.76. The van der Waals surface area contributed by atoms with E-state index in [-0.39, 0.29) is 17.5 Å². The summed E-state index contributed by atoms with van der Waals surface area (Å²) >= 11 is 0. The largest absolute Gasteiger partial charge is 0.461 e. The van der Waals surface area contributed by atoms with Crippen LogP contribution in [0.2, 0.25) is 0 Å². The molecule has 2 nitrogen and oxygen atoms in total. The van der Waals surface area contributed by atoms with E-state index < -0.39 is 0 Å². The van der Waals surface area contributed by atoms with Gasteiger partial charge in [0.05, 0.1) is 5.41 Å². The predicted molar refractivity (Wildman–Crippen MR) is 91.4 cm³/mol. The van der Waals surface area contributed by atoms with Crippen LogP contribution in [0.3, 0.4) is 0 Å². The second kappa shape index (κ2) is 6.60. The lowest BCUT2D eigenvalue weighted by Crippen LogP contribution is -2.42. The number of carbonyl (C=O) groups excluding carboxylic acids is 1. The first-order chi connectivity index (χ1) is 10.3. The summed E-state index contributed by atoms with van der Waals surface area (Å²) in [6, 6.07) is 0. The van der Waals surface area contributed by atoms with E-state index in [1.54, 1.807) is 0 Å². The molecule has 0 spiro atoms. The van der Waals surface area contributed by atoms with Gasteiger partial charge in [-0.2, -0.15) is 0 Å². The molecule has 0 aromatic carbocycles. The maximum absolute atomic E-state index is 12.6. The van der Waals surface area contributed by atoms with Gasteiger partial charge in [0, 0.05) is 5.92 Å². The zero-order chi connectivity index (χ0) is 16.5. The molecular formula is C20H32O2. The van der Waals surface area contributed by atoms with Gasteiger partial charge in [-0.15, -0.1) is 0 Å². The van der Waals surface area contributed by atoms with E-state index in [9.17, 15) is 4.79 Å². The van der Waals surface area contributed by atoms with Crippen LogP contribution in [0.4, 0.5) is 0 Å². The normalized spacial score (nSPS) is 34.8. The molecule has 0 saturated carbocycles. The third kappa shape index (κ3) is 3.31. The molecule has 2 heteroatoms. The molecule has 2 rings (SSSR count). The highest BCUT2D eigenvalue weighted by molar-refractivity contribution is 5.76. The van der Waals surface area contributed by atoms with Crippen LogP contribution >= 0.6 is 0 Å². The first kappa shape index (κ1) is 17.3. The van der Waals surface area contributed by atoms with Crippen LogP contribution in [-0.2, 0) is 9.53 Å². The Balaban J connectivity index is 2.26. The molecule has 0 aromatic rings. The molecule has 2 aliphatic carbocycles. The number of ether oxygens (including phenoxy) is 1. The Morgan fingerprint density at radius 3 is 2.59 bits per heavy atom. The molecule has 22 heavy (non-hydrogen) atoms. The minimum absolute atomic E-state index is 0.0330. The van der Waals surface area contributed by atoms with Crippen molar-refractivity contribution in [1.82, 2.24) is 0 Å². The molecule has 0 amide bonds. The third-order valence-corrected chi connectivity index (χ3v) is 5.76. The van der Waals surface area contributed by atoms with E-state index in [2.05, 4.69) is 45.9 Å². The minimum Gasteiger partial charge on any atom is -0.461 e. The summed E-state index contributed by atoms with van der Waals surface area (Å²) < 4.78 is 6.05. The van der Waals surface area contributed by atoms with Crippen LogP contribution in [-0.4, -0.2) is 12.1 Å². The molecule has 0 aromatic heterocycles. The Bertz CT molecular complexity index is 472. The van der Waals surface area contributed by atoms with Crippen molar-refractivity contribution in [2.24, 2.45) is 29.1 Å². The first-order valence-corrected chi connectivity index (χ1v) is 8.91. The topological polar surface area (TPSA) is 26.3 Å². The summed E-state index contributed by atoms with van der Waals surface area (Å²) in [5, 5.41) is 0. The van der Waals surface area contributed by atoms with Crippen molar-refractivity contribution >= 4 is 5.97 Å². The van der Waals surface area contributed by atoms with Gasteiger partial charge in [-0.1, -0.05) is 52.3 Å². The van der Waals surface area contributed by atoms with E-state index in [4.69, 9.17) is 4.74 Å². The summed E-state index contributed by atoms with van der Waals surface area (Å²) in [6.07, 6.45) is 9.90. The average Bonchev–Trinajstić information content (AvgIpc) is 2.47. The molecule has 3 unspecified atom stereocenters. The van der Waals surface area contributed by atoms with Crippen molar-refractivity contribution < 1.29 is 9.53 Å². The lowest BCUT2D eigenvalue weighted by Gasteiger charge is -2.43. The van der Waals surface area contributed by atoms with Gasteiger partial charge in [-0.25, -0.2) is 0 Å². The lowest BCUT2D eigenvalue weighted by atomic mass is 9.66. The van der Waals surface area contributed by atoms with Crippen LogP contribution in [0, 0.1) is 29.1 Å². The summed E-state index contributed by atoms with van der Waals surface area (Å²) in [5.41, 5.74) is 0.998. The van der Waals surface area contributed by atoms with Crippen LogP contribution in [0.1, 0.15) is 60.8 Å². The van der Waals surface area contributed by atoms with Gasteiger partial charge in [0.25, 0.3) is 0 Å². The first-order valence-electron chi connectivity index (χ1n) is 8.91. The summed E-state index contributed by atoms with van der Waals surface area (Å²) in [4.78, 5) is 12.6. The Morgan fingerprint density at radius 2 is 2.00 bits per heavy atom. The lowest BCUT2D eigenvalue weighted by molar-refractivity contribution is -0.164. The summed E-state index contributed by atoms with van der Waals surface area (Å²) in [5.74, 6) is 1.94. The highest BCUT2D eigenvalue weighted by atomic mass is 16.5. The highest BCUT2D eigenvalue weighted by Gasteiger charge is 2.42. The number of esters is 1. The van der Waals surface area contributed by atoms with Crippen molar-refractivity contribution in [1.29, 1.82) is 0 Å². The van der Waals surface area contributed by atoms with Gasteiger partial charge in [0.15, 0.2) is 0 Å². The Morgan fingerprint density at radius 1 is 1.32 bits per heavy atom. The molecule has 0 radical (unpaired) electrons. The molecule has 0 bridgehead atoms. The zero-order valence-electron chi connectivity index (χ0n) is 15.1. The van der Waals surface area contributed by atoms with Crippen LogP contribution in [0.15, 0.2) is 23.8 Å². The standard InChI is InChI=1S/C20H32O2/c1-7-16-14(4)9-10-15-11-13(3)12-17(18(15)16)22-19(21)20(5,6)8-2/h9-11,13-14,16-18H,7-8,12H2,1-6H3/t13?,14-,16-,17?,18?/m0/s1. The Labute approximate surface area is 136 Å². The fraction of sp³-hybridized carbons (Fsp3) is 0.750. The van der Waals surface area contributed by atoms with E-state index >= 15 is 0 Å². The van der Waals surface area contributed by atoms with Crippen molar-refractivity contribution in [2.75, 3.05) is 0 Å². The van der Waals surface area contributed by atoms with Crippen molar-refractivity contribution in [3.63, 3.8) is 0 Å². The number of carbonyl (C=O) groups is 1. The van der Waals surface area contributed by atoms with E-state index in [0.717, 1.165) is 19.3 Å². The van der Waals surface area contributed by atoms with Gasteiger partial charge in [-0.05, 0) is 50.0 Å². The van der Waals surface area contributed by atoms with Crippen molar-refractivity contribution in [2.45, 2.75) is 66.9 Å².